The molecule has 0 N–H and O–H groups in total. The smallest absolute Gasteiger partial charge is 0.242 e. The standard InChI is InChI=1S/C19H22ClNO2P/c1-11-12(2)17-15-14(16(11)24(17,3)10-9-20)18(22)21(19(15)23)13-7-5-4-6-8-13/h4-8,14-17H,9-10H2,1-3H3/q+1/t14-,15+,16-,17+,24?. The molecule has 1 aromatic carbocycles. The summed E-state index contributed by atoms with van der Waals surface area (Å²) in [7, 11) is -1.45. The topological polar surface area (TPSA) is 37.4 Å². The van der Waals surface area contributed by atoms with Crippen molar-refractivity contribution in [1.82, 2.24) is 0 Å². The van der Waals surface area contributed by atoms with Crippen molar-refractivity contribution in [2.75, 3.05) is 23.6 Å². The molecule has 0 aliphatic carbocycles. The summed E-state index contributed by atoms with van der Waals surface area (Å²) in [6.07, 6.45) is 0.956. The number of carbonyl (C=O) groups is 2. The van der Waals surface area contributed by atoms with Crippen molar-refractivity contribution in [2.45, 2.75) is 25.2 Å². The van der Waals surface area contributed by atoms with Crippen LogP contribution in [0.3, 0.4) is 0 Å². The van der Waals surface area contributed by atoms with Gasteiger partial charge in [0.1, 0.15) is 11.3 Å². The first-order valence-corrected chi connectivity index (χ1v) is 11.5. The number of fused-ring (bicyclic) bond motifs is 5. The molecule has 0 aromatic heterocycles. The summed E-state index contributed by atoms with van der Waals surface area (Å²) < 4.78 is 0. The zero-order valence-corrected chi connectivity index (χ0v) is 15.8. The molecule has 5 heteroatoms. The first-order chi connectivity index (χ1) is 11.4. The molecule has 24 heavy (non-hydrogen) atoms. The van der Waals surface area contributed by atoms with Gasteiger partial charge in [0.2, 0.25) is 11.8 Å². The first-order valence-electron chi connectivity index (χ1n) is 8.44. The van der Waals surface area contributed by atoms with Gasteiger partial charge in [0.25, 0.3) is 0 Å². The van der Waals surface area contributed by atoms with Crippen molar-refractivity contribution in [3.8, 4) is 0 Å². The van der Waals surface area contributed by atoms with Crippen LogP contribution in [0.15, 0.2) is 41.5 Å². The lowest BCUT2D eigenvalue weighted by atomic mass is 9.78. The highest BCUT2D eigenvalue weighted by molar-refractivity contribution is 7.77. The predicted molar refractivity (Wildman–Crippen MR) is 100 cm³/mol. The Morgan fingerprint density at radius 2 is 1.50 bits per heavy atom. The fraction of sp³-hybridized carbons (Fsp3) is 0.474. The number of rotatable bonds is 3. The van der Waals surface area contributed by atoms with E-state index in [1.54, 1.807) is 0 Å². The highest BCUT2D eigenvalue weighted by Gasteiger charge is 2.75. The average molecular weight is 363 g/mol. The monoisotopic (exact) mass is 362 g/mol. The zero-order valence-electron chi connectivity index (χ0n) is 14.2. The van der Waals surface area contributed by atoms with Crippen molar-refractivity contribution in [3.05, 3.63) is 41.5 Å². The summed E-state index contributed by atoms with van der Waals surface area (Å²) in [6, 6.07) is 9.34. The summed E-state index contributed by atoms with van der Waals surface area (Å²) in [5, 5.41) is 0. The van der Waals surface area contributed by atoms with Gasteiger partial charge >= 0.3 is 0 Å². The Kier molecular flexibility index (Phi) is 3.67. The summed E-state index contributed by atoms with van der Waals surface area (Å²) in [5.74, 6) is 0.260. The number of carbonyl (C=O) groups excluding carboxylic acids is 2. The van der Waals surface area contributed by atoms with Gasteiger partial charge in [-0.25, -0.2) is 4.90 Å². The molecule has 3 heterocycles. The van der Waals surface area contributed by atoms with Gasteiger partial charge in [-0.05, 0) is 37.1 Å². The summed E-state index contributed by atoms with van der Waals surface area (Å²) >= 11 is 6.11. The average Bonchev–Trinajstić information content (AvgIpc) is 3.03. The van der Waals surface area contributed by atoms with Crippen LogP contribution >= 0.6 is 18.9 Å². The van der Waals surface area contributed by atoms with E-state index in [4.69, 9.17) is 11.6 Å². The van der Waals surface area contributed by atoms with Gasteiger partial charge in [-0.15, -0.1) is 11.6 Å². The molecule has 3 aliphatic heterocycles. The molecule has 3 aliphatic rings. The minimum atomic E-state index is -1.45. The molecular weight excluding hydrogens is 341 g/mol. The van der Waals surface area contributed by atoms with E-state index in [2.05, 4.69) is 20.5 Å². The molecule has 0 radical (unpaired) electrons. The van der Waals surface area contributed by atoms with Crippen LogP contribution in [0, 0.1) is 11.8 Å². The van der Waals surface area contributed by atoms with E-state index >= 15 is 0 Å². The van der Waals surface area contributed by atoms with Crippen LogP contribution in [-0.4, -0.2) is 41.8 Å². The van der Waals surface area contributed by atoms with Crippen molar-refractivity contribution in [1.29, 1.82) is 0 Å². The lowest BCUT2D eigenvalue weighted by Gasteiger charge is -2.27. The van der Waals surface area contributed by atoms with E-state index in [0.717, 1.165) is 6.16 Å². The quantitative estimate of drug-likeness (QED) is 0.355. The third kappa shape index (κ3) is 1.83. The van der Waals surface area contributed by atoms with Crippen LogP contribution in [0.2, 0.25) is 0 Å². The molecular formula is C19H22ClNO2P+. The van der Waals surface area contributed by atoms with E-state index in [1.165, 1.54) is 16.0 Å². The second-order valence-corrected chi connectivity index (χ2v) is 12.0. The fourth-order valence-electron chi connectivity index (χ4n) is 5.47. The molecule has 0 spiro atoms. The van der Waals surface area contributed by atoms with Crippen LogP contribution in [0.4, 0.5) is 5.69 Å². The number of halogens is 1. The number of amides is 2. The fourth-order valence-corrected chi connectivity index (χ4v) is 12.1. The highest BCUT2D eigenvalue weighted by atomic mass is 35.5. The summed E-state index contributed by atoms with van der Waals surface area (Å²) in [5.41, 5.74) is 3.89. The van der Waals surface area contributed by atoms with Gasteiger partial charge in [0.05, 0.1) is 36.2 Å². The lowest BCUT2D eigenvalue weighted by molar-refractivity contribution is -0.122. The van der Waals surface area contributed by atoms with Crippen LogP contribution < -0.4 is 4.90 Å². The van der Waals surface area contributed by atoms with E-state index in [1.807, 2.05) is 30.3 Å². The zero-order chi connectivity index (χ0) is 17.2. The second-order valence-electron chi connectivity index (χ2n) is 7.41. The third-order valence-corrected chi connectivity index (χ3v) is 12.0. The summed E-state index contributed by atoms with van der Waals surface area (Å²) in [4.78, 5) is 27.8. The highest BCUT2D eigenvalue weighted by Crippen LogP contribution is 2.81. The number of imide groups is 1. The summed E-state index contributed by atoms with van der Waals surface area (Å²) in [6.45, 7) is 6.65. The predicted octanol–water partition coefficient (Wildman–Crippen LogP) is 3.78. The Hall–Kier alpha value is -1.18. The number of para-hydroxylation sites is 1. The Bertz CT molecular complexity index is 722. The Balaban J connectivity index is 1.80. The number of allylic oxidation sites excluding steroid dienone is 2. The third-order valence-electron chi connectivity index (χ3n) is 6.44. The minimum Gasteiger partial charge on any atom is -0.273 e. The lowest BCUT2D eigenvalue weighted by Crippen LogP contribution is -2.35. The van der Waals surface area contributed by atoms with Gasteiger partial charge in [0, 0.05) is 7.26 Å². The molecule has 5 atom stereocenters. The number of benzene rings is 1. The molecule has 1 aromatic rings. The molecule has 126 valence electrons. The normalized spacial score (nSPS) is 37.6. The van der Waals surface area contributed by atoms with Gasteiger partial charge in [-0.2, -0.15) is 0 Å². The number of anilines is 1. The Morgan fingerprint density at radius 3 is 1.96 bits per heavy atom. The maximum Gasteiger partial charge on any atom is 0.242 e. The van der Waals surface area contributed by atoms with E-state index < -0.39 is 7.26 Å². The van der Waals surface area contributed by atoms with Crippen LogP contribution in [0.25, 0.3) is 0 Å². The molecule has 2 fully saturated rings. The van der Waals surface area contributed by atoms with E-state index in [9.17, 15) is 9.59 Å². The van der Waals surface area contributed by atoms with Gasteiger partial charge in [-0.3, -0.25) is 9.59 Å². The maximum atomic E-state index is 13.2. The van der Waals surface area contributed by atoms with Gasteiger partial charge in [0.15, 0.2) is 0 Å². The molecule has 3 nitrogen and oxygen atoms in total. The maximum absolute atomic E-state index is 13.2. The van der Waals surface area contributed by atoms with Crippen molar-refractivity contribution in [2.24, 2.45) is 11.8 Å². The Labute approximate surface area is 148 Å². The van der Waals surface area contributed by atoms with E-state index in [-0.39, 0.29) is 35.0 Å². The molecule has 2 amide bonds. The molecule has 1 unspecified atom stereocenters. The van der Waals surface area contributed by atoms with Crippen molar-refractivity contribution < 1.29 is 9.59 Å². The second kappa shape index (κ2) is 5.41. The Morgan fingerprint density at radius 1 is 1.00 bits per heavy atom. The van der Waals surface area contributed by atoms with Crippen LogP contribution in [0.5, 0.6) is 0 Å². The largest absolute Gasteiger partial charge is 0.273 e. The first kappa shape index (κ1) is 16.3. The number of hydrogen-bond donors (Lipinski definition) is 0. The van der Waals surface area contributed by atoms with Gasteiger partial charge in [-0.1, -0.05) is 18.2 Å². The molecule has 0 saturated carbocycles. The molecule has 2 bridgehead atoms. The van der Waals surface area contributed by atoms with Crippen molar-refractivity contribution >= 4 is 36.4 Å². The molecule has 4 rings (SSSR count). The van der Waals surface area contributed by atoms with Crippen LogP contribution in [0.1, 0.15) is 13.8 Å². The van der Waals surface area contributed by atoms with Gasteiger partial charge < -0.3 is 0 Å². The number of alkyl halides is 1. The number of hydrogen-bond acceptors (Lipinski definition) is 2. The van der Waals surface area contributed by atoms with Crippen LogP contribution in [-0.2, 0) is 9.59 Å². The minimum absolute atomic E-state index is 0.00338. The number of nitrogens with zero attached hydrogens (tertiary/aromatic N) is 1. The molecule has 2 saturated heterocycles. The van der Waals surface area contributed by atoms with Crippen molar-refractivity contribution in [3.63, 3.8) is 0 Å². The SMILES string of the molecule is CC1=C(C)[C@H]2[C@H]3C(=O)N(c4ccccc4)C(=O)[C@H]3[C@@H]1[P+]2(C)CCCl. The van der Waals surface area contributed by atoms with E-state index in [0.29, 0.717) is 11.6 Å².